The van der Waals surface area contributed by atoms with Gasteiger partial charge in [0.05, 0.1) is 0 Å². The van der Waals surface area contributed by atoms with E-state index in [2.05, 4.69) is 21.1 Å². The SMILES string of the molecule is Cn1nc(N)cc1Cc1c[nH]c2ncccc12. The summed E-state index contributed by atoms with van der Waals surface area (Å²) in [6.07, 6.45) is 4.57. The lowest BCUT2D eigenvalue weighted by molar-refractivity contribution is 0.728. The molecule has 0 bridgehead atoms. The van der Waals surface area contributed by atoms with Gasteiger partial charge in [0, 0.05) is 43.0 Å². The van der Waals surface area contributed by atoms with Crippen LogP contribution in [0.4, 0.5) is 5.82 Å². The van der Waals surface area contributed by atoms with E-state index in [0.717, 1.165) is 23.1 Å². The average molecular weight is 227 g/mol. The van der Waals surface area contributed by atoms with Gasteiger partial charge in [-0.3, -0.25) is 4.68 Å². The number of hydrogen-bond donors (Lipinski definition) is 2. The Bertz CT molecular complexity index is 664. The molecule has 0 aromatic carbocycles. The lowest BCUT2D eigenvalue weighted by atomic mass is 10.1. The molecule has 0 fully saturated rings. The summed E-state index contributed by atoms with van der Waals surface area (Å²) >= 11 is 0. The molecule has 0 amide bonds. The number of aromatic amines is 1. The molecule has 0 unspecified atom stereocenters. The van der Waals surface area contributed by atoms with E-state index < -0.39 is 0 Å². The molecule has 5 heteroatoms. The standard InChI is InChI=1S/C12H13N5/c1-17-9(6-11(13)16-17)5-8-7-15-12-10(8)3-2-4-14-12/h2-4,6-7H,5H2,1H3,(H2,13,16)(H,14,15). The minimum absolute atomic E-state index is 0.556. The van der Waals surface area contributed by atoms with Crippen LogP contribution >= 0.6 is 0 Å². The summed E-state index contributed by atoms with van der Waals surface area (Å²) in [7, 11) is 1.90. The summed E-state index contributed by atoms with van der Waals surface area (Å²) in [4.78, 5) is 7.43. The summed E-state index contributed by atoms with van der Waals surface area (Å²) in [5, 5.41) is 5.29. The third kappa shape index (κ3) is 1.65. The second-order valence-corrected chi connectivity index (χ2v) is 4.07. The van der Waals surface area contributed by atoms with Gasteiger partial charge in [0.15, 0.2) is 0 Å². The molecule has 3 aromatic heterocycles. The maximum absolute atomic E-state index is 5.67. The zero-order valence-electron chi connectivity index (χ0n) is 9.51. The summed E-state index contributed by atoms with van der Waals surface area (Å²) in [6.45, 7) is 0. The first kappa shape index (κ1) is 9.89. The number of fused-ring (bicyclic) bond motifs is 1. The van der Waals surface area contributed by atoms with Crippen LogP contribution in [0, 0.1) is 0 Å². The molecule has 0 atom stereocenters. The Hall–Kier alpha value is -2.30. The fourth-order valence-corrected chi connectivity index (χ4v) is 2.05. The van der Waals surface area contributed by atoms with Gasteiger partial charge in [-0.2, -0.15) is 5.10 Å². The topological polar surface area (TPSA) is 72.5 Å². The molecule has 0 aliphatic rings. The number of anilines is 1. The van der Waals surface area contributed by atoms with Gasteiger partial charge in [-0.1, -0.05) is 0 Å². The average Bonchev–Trinajstić information content (AvgIpc) is 2.85. The molecule has 3 rings (SSSR count). The van der Waals surface area contributed by atoms with Crippen molar-refractivity contribution >= 4 is 16.9 Å². The van der Waals surface area contributed by atoms with Crippen molar-refractivity contribution < 1.29 is 0 Å². The number of pyridine rings is 1. The molecular formula is C12H13N5. The number of rotatable bonds is 2. The van der Waals surface area contributed by atoms with Crippen molar-refractivity contribution in [2.24, 2.45) is 7.05 Å². The molecule has 86 valence electrons. The Labute approximate surface area is 98.3 Å². The highest BCUT2D eigenvalue weighted by Gasteiger charge is 2.08. The largest absolute Gasteiger partial charge is 0.382 e. The molecule has 3 heterocycles. The quantitative estimate of drug-likeness (QED) is 0.696. The van der Waals surface area contributed by atoms with Gasteiger partial charge < -0.3 is 10.7 Å². The van der Waals surface area contributed by atoms with Crippen molar-refractivity contribution in [3.05, 3.63) is 41.9 Å². The Morgan fingerprint density at radius 3 is 3.12 bits per heavy atom. The van der Waals surface area contributed by atoms with Crippen LogP contribution in [0.1, 0.15) is 11.3 Å². The first-order chi connectivity index (χ1) is 8.24. The van der Waals surface area contributed by atoms with Crippen molar-refractivity contribution in [3.63, 3.8) is 0 Å². The molecule has 0 radical (unpaired) electrons. The number of hydrogen-bond acceptors (Lipinski definition) is 3. The van der Waals surface area contributed by atoms with Gasteiger partial charge in [-0.15, -0.1) is 0 Å². The minimum atomic E-state index is 0.556. The maximum Gasteiger partial charge on any atom is 0.145 e. The molecule has 0 aliphatic carbocycles. The molecule has 3 aromatic rings. The molecule has 0 saturated heterocycles. The summed E-state index contributed by atoms with van der Waals surface area (Å²) in [5.74, 6) is 0.556. The smallest absolute Gasteiger partial charge is 0.145 e. The van der Waals surface area contributed by atoms with Crippen LogP contribution in [0.3, 0.4) is 0 Å². The second kappa shape index (κ2) is 3.62. The molecule has 0 aliphatic heterocycles. The van der Waals surface area contributed by atoms with Gasteiger partial charge in [0.2, 0.25) is 0 Å². The summed E-state index contributed by atoms with van der Waals surface area (Å²) in [6, 6.07) is 5.90. The monoisotopic (exact) mass is 227 g/mol. The van der Waals surface area contributed by atoms with E-state index in [1.165, 1.54) is 5.56 Å². The first-order valence-electron chi connectivity index (χ1n) is 5.43. The first-order valence-corrected chi connectivity index (χ1v) is 5.43. The zero-order chi connectivity index (χ0) is 11.8. The Balaban J connectivity index is 2.03. The number of nitrogens with one attached hydrogen (secondary N) is 1. The number of aryl methyl sites for hydroxylation is 1. The third-order valence-corrected chi connectivity index (χ3v) is 2.90. The Kier molecular flexibility index (Phi) is 2.11. The van der Waals surface area contributed by atoms with E-state index in [1.807, 2.05) is 30.1 Å². The third-order valence-electron chi connectivity index (χ3n) is 2.90. The lowest BCUT2D eigenvalue weighted by Crippen LogP contribution is -1.98. The summed E-state index contributed by atoms with van der Waals surface area (Å²) < 4.78 is 1.81. The van der Waals surface area contributed by atoms with Gasteiger partial charge in [0.1, 0.15) is 11.5 Å². The van der Waals surface area contributed by atoms with Crippen LogP contribution in [0.15, 0.2) is 30.6 Å². The van der Waals surface area contributed by atoms with Crippen LogP contribution < -0.4 is 5.73 Å². The van der Waals surface area contributed by atoms with Crippen LogP contribution in [0.2, 0.25) is 0 Å². The van der Waals surface area contributed by atoms with E-state index >= 15 is 0 Å². The Morgan fingerprint density at radius 2 is 2.35 bits per heavy atom. The maximum atomic E-state index is 5.67. The highest BCUT2D eigenvalue weighted by atomic mass is 15.3. The van der Waals surface area contributed by atoms with Crippen molar-refractivity contribution in [2.45, 2.75) is 6.42 Å². The number of nitrogens with two attached hydrogens (primary N) is 1. The molecule has 17 heavy (non-hydrogen) atoms. The van der Waals surface area contributed by atoms with Crippen LogP contribution in [0.5, 0.6) is 0 Å². The molecule has 0 saturated carbocycles. The summed E-state index contributed by atoms with van der Waals surface area (Å²) in [5.41, 5.74) is 8.88. The van der Waals surface area contributed by atoms with Crippen molar-refractivity contribution in [1.82, 2.24) is 19.7 Å². The molecule has 0 spiro atoms. The highest BCUT2D eigenvalue weighted by molar-refractivity contribution is 5.79. The fourth-order valence-electron chi connectivity index (χ4n) is 2.05. The Morgan fingerprint density at radius 1 is 1.47 bits per heavy atom. The number of nitrogen functional groups attached to an aromatic ring is 1. The van der Waals surface area contributed by atoms with E-state index in [-0.39, 0.29) is 0 Å². The van der Waals surface area contributed by atoms with Gasteiger partial charge in [-0.25, -0.2) is 4.98 Å². The van der Waals surface area contributed by atoms with E-state index in [1.54, 1.807) is 6.20 Å². The van der Waals surface area contributed by atoms with Crippen molar-refractivity contribution in [3.8, 4) is 0 Å². The molecule has 5 nitrogen and oxygen atoms in total. The van der Waals surface area contributed by atoms with Gasteiger partial charge in [-0.05, 0) is 17.7 Å². The zero-order valence-corrected chi connectivity index (χ0v) is 9.51. The second-order valence-electron chi connectivity index (χ2n) is 4.07. The normalized spacial score (nSPS) is 11.1. The number of aromatic nitrogens is 4. The van der Waals surface area contributed by atoms with Gasteiger partial charge >= 0.3 is 0 Å². The van der Waals surface area contributed by atoms with E-state index in [0.29, 0.717) is 5.82 Å². The van der Waals surface area contributed by atoms with Crippen molar-refractivity contribution in [2.75, 3.05) is 5.73 Å². The van der Waals surface area contributed by atoms with Crippen LogP contribution in [0.25, 0.3) is 11.0 Å². The van der Waals surface area contributed by atoms with Crippen molar-refractivity contribution in [1.29, 1.82) is 0 Å². The fraction of sp³-hybridized carbons (Fsp3) is 0.167. The molecular weight excluding hydrogens is 214 g/mol. The van der Waals surface area contributed by atoms with Gasteiger partial charge in [0.25, 0.3) is 0 Å². The minimum Gasteiger partial charge on any atom is -0.382 e. The highest BCUT2D eigenvalue weighted by Crippen LogP contribution is 2.19. The van der Waals surface area contributed by atoms with E-state index in [4.69, 9.17) is 5.73 Å². The van der Waals surface area contributed by atoms with Crippen LogP contribution in [-0.2, 0) is 13.5 Å². The lowest BCUT2D eigenvalue weighted by Gasteiger charge is -2.00. The molecule has 3 N–H and O–H groups in total. The predicted octanol–water partition coefficient (Wildman–Crippen LogP) is 1.47. The van der Waals surface area contributed by atoms with E-state index in [9.17, 15) is 0 Å². The number of nitrogens with zero attached hydrogens (tertiary/aromatic N) is 3. The van der Waals surface area contributed by atoms with Crippen LogP contribution in [-0.4, -0.2) is 19.7 Å². The number of H-pyrrole nitrogens is 1. The predicted molar refractivity (Wildman–Crippen MR) is 66.5 cm³/mol.